The summed E-state index contributed by atoms with van der Waals surface area (Å²) in [5.41, 5.74) is 9.20. The quantitative estimate of drug-likeness (QED) is 0.0302. The van der Waals surface area contributed by atoms with Crippen LogP contribution in [0.2, 0.25) is 0 Å². The van der Waals surface area contributed by atoms with Gasteiger partial charge in [-0.15, -0.1) is 0 Å². The van der Waals surface area contributed by atoms with Crippen LogP contribution in [0.1, 0.15) is 80.1 Å². The Hall–Kier alpha value is -5.50. The third kappa shape index (κ3) is 16.2. The van der Waals surface area contributed by atoms with Crippen molar-refractivity contribution in [3.8, 4) is 0 Å². The Morgan fingerprint density at radius 3 is 1.60 bits per heavy atom. The summed E-state index contributed by atoms with van der Waals surface area (Å²) in [5.74, 6) is 0.141. The summed E-state index contributed by atoms with van der Waals surface area (Å²) >= 11 is 0. The Morgan fingerprint density at radius 2 is 1.21 bits per heavy atom. The molecule has 0 aromatic carbocycles. The molecular weight excluding hydrogens is 737 g/mol. The number of allylic oxidation sites excluding steroid dienone is 6. The second kappa shape index (κ2) is 27.2. The summed E-state index contributed by atoms with van der Waals surface area (Å²) in [7, 11) is 6.41. The van der Waals surface area contributed by atoms with Crippen LogP contribution in [-0.4, -0.2) is 91.5 Å². The molecule has 1 fully saturated rings. The van der Waals surface area contributed by atoms with E-state index in [1.165, 1.54) is 12.1 Å². The highest BCUT2D eigenvalue weighted by Crippen LogP contribution is 2.33. The number of hydrogen-bond acceptors (Lipinski definition) is 8. The lowest BCUT2D eigenvalue weighted by Crippen LogP contribution is -2.54. The van der Waals surface area contributed by atoms with Crippen molar-refractivity contribution < 1.29 is 29.0 Å². The van der Waals surface area contributed by atoms with Crippen molar-refractivity contribution >= 4 is 36.1 Å². The molecule has 1 aliphatic rings. The van der Waals surface area contributed by atoms with Gasteiger partial charge in [0.05, 0.1) is 7.11 Å². The number of nitrogens with zero attached hydrogens (tertiary/aromatic N) is 4. The van der Waals surface area contributed by atoms with Gasteiger partial charge in [0.2, 0.25) is 11.8 Å². The molecule has 0 bridgehead atoms. The smallest absolute Gasteiger partial charge is 0.425 e. The molecule has 1 rings (SSSR count). The number of carbonyl (C=O) groups excluding carboxylic acids is 3. The fourth-order valence-electron chi connectivity index (χ4n) is 6.53. The van der Waals surface area contributed by atoms with Gasteiger partial charge in [0.15, 0.2) is 0 Å². The first-order valence-corrected chi connectivity index (χ1v) is 19.6. The number of hydrazine groups is 2. The fourth-order valence-corrected chi connectivity index (χ4v) is 6.53. The van der Waals surface area contributed by atoms with Crippen molar-refractivity contribution in [2.45, 2.75) is 92.2 Å². The number of nitrogens with one attached hydrogen (secondary N) is 4. The van der Waals surface area contributed by atoms with Crippen LogP contribution in [-0.2, 0) is 19.1 Å². The van der Waals surface area contributed by atoms with Crippen LogP contribution in [0.25, 0.3) is 0 Å². The van der Waals surface area contributed by atoms with Gasteiger partial charge in [-0.25, -0.2) is 20.7 Å². The minimum Gasteiger partial charge on any atom is -0.483 e. The molecule has 58 heavy (non-hydrogen) atoms. The highest BCUT2D eigenvalue weighted by atomic mass is 16.5. The SMILES string of the molecule is C=C(/C=C\C(=C)C(=C)NC(=NC)C(CC)C(CC)C(=O)N(NC)C(C)C)C(=C)/C=C\C(=C)C(=C)NC(=NC)C1CCCCC1C(=O)N(NC(=O)OC)C(C)C.O=CO. The topological polar surface area (TPSA) is 177 Å². The van der Waals surface area contributed by atoms with Crippen molar-refractivity contribution in [1.29, 1.82) is 0 Å². The number of methoxy groups -OCH3 is 1. The fraction of sp³-hybridized carbons (Fsp3) is 0.500. The molecule has 0 aliphatic heterocycles. The van der Waals surface area contributed by atoms with Crippen LogP contribution in [0.5, 0.6) is 0 Å². The number of ether oxygens (including phenoxy) is 1. The van der Waals surface area contributed by atoms with Gasteiger partial charge in [-0.2, -0.15) is 0 Å². The Morgan fingerprint density at radius 1 is 0.759 bits per heavy atom. The molecule has 14 heteroatoms. The molecule has 4 atom stereocenters. The minimum atomic E-state index is -0.698. The molecule has 0 aromatic rings. The third-order valence-corrected chi connectivity index (χ3v) is 9.81. The number of carbonyl (C=O) groups is 4. The van der Waals surface area contributed by atoms with Crippen molar-refractivity contribution in [1.82, 2.24) is 31.5 Å². The molecular formula is C44H70N8O6. The predicted molar refractivity (Wildman–Crippen MR) is 236 cm³/mol. The van der Waals surface area contributed by atoms with E-state index in [0.717, 1.165) is 19.3 Å². The van der Waals surface area contributed by atoms with Crippen LogP contribution in [0, 0.1) is 23.7 Å². The molecule has 0 saturated heterocycles. The second-order valence-corrected chi connectivity index (χ2v) is 14.3. The zero-order chi connectivity index (χ0) is 44.7. The Bertz CT molecular complexity index is 1620. The largest absolute Gasteiger partial charge is 0.483 e. The maximum Gasteiger partial charge on any atom is 0.425 e. The van der Waals surface area contributed by atoms with Crippen LogP contribution in [0.3, 0.4) is 0 Å². The van der Waals surface area contributed by atoms with E-state index in [1.54, 1.807) is 50.5 Å². The molecule has 14 nitrogen and oxygen atoms in total. The zero-order valence-corrected chi connectivity index (χ0v) is 36.6. The van der Waals surface area contributed by atoms with E-state index in [4.69, 9.17) is 14.6 Å². The summed E-state index contributed by atoms with van der Waals surface area (Å²) in [5, 5.41) is 16.5. The van der Waals surface area contributed by atoms with Gasteiger partial charge < -0.3 is 20.5 Å². The normalized spacial score (nSPS) is 16.7. The van der Waals surface area contributed by atoms with Gasteiger partial charge in [0.25, 0.3) is 6.47 Å². The first kappa shape index (κ1) is 52.5. The number of carboxylic acid groups (broad SMARTS) is 1. The van der Waals surface area contributed by atoms with Gasteiger partial charge >= 0.3 is 6.09 Å². The van der Waals surface area contributed by atoms with E-state index in [1.807, 2.05) is 41.5 Å². The molecule has 0 spiro atoms. The predicted octanol–water partition coefficient (Wildman–Crippen LogP) is 7.03. The number of rotatable bonds is 19. The van der Waals surface area contributed by atoms with E-state index in [2.05, 4.69) is 70.9 Å². The molecule has 0 radical (unpaired) electrons. The molecule has 4 unspecified atom stereocenters. The van der Waals surface area contributed by atoms with E-state index < -0.39 is 12.0 Å². The van der Waals surface area contributed by atoms with Gasteiger partial charge in [-0.3, -0.25) is 29.4 Å². The molecule has 0 aromatic heterocycles. The summed E-state index contributed by atoms with van der Waals surface area (Å²) in [4.78, 5) is 56.5. The van der Waals surface area contributed by atoms with Crippen molar-refractivity contribution in [3.63, 3.8) is 0 Å². The summed E-state index contributed by atoms with van der Waals surface area (Å²) < 4.78 is 4.74. The zero-order valence-electron chi connectivity index (χ0n) is 36.6. The maximum absolute atomic E-state index is 13.7. The average molecular weight is 807 g/mol. The standard InChI is InChI=1S/C43H68N8O4.CH2O2/c1-17-35(36(18-2)41(52)50(46-15)27(3)4)39(44-13)47-33(11)31(9)25-23-29(7)30(8)24-26-32(10)34(12)48-40(45-14)37-21-19-20-22-38(37)42(53)51(28(5)6)49-43(54)55-16;2-1-3/h23-28,35-38,46H,7-12,17-22H2,1-6,13-16H3,(H,44,47)(H,45,48)(H,49,54);1H,(H,2,3)/b25-23-,26-24-;. The lowest BCUT2D eigenvalue weighted by Gasteiger charge is -2.36. The van der Waals surface area contributed by atoms with Crippen LogP contribution in [0.4, 0.5) is 4.79 Å². The first-order chi connectivity index (χ1) is 27.3. The van der Waals surface area contributed by atoms with Gasteiger partial charge in [-0.05, 0) is 75.7 Å². The van der Waals surface area contributed by atoms with E-state index >= 15 is 0 Å². The van der Waals surface area contributed by atoms with E-state index in [-0.39, 0.29) is 48.1 Å². The lowest BCUT2D eigenvalue weighted by atomic mass is 9.77. The van der Waals surface area contributed by atoms with E-state index in [9.17, 15) is 14.4 Å². The van der Waals surface area contributed by atoms with Crippen molar-refractivity contribution in [2.75, 3.05) is 28.3 Å². The lowest BCUT2D eigenvalue weighted by molar-refractivity contribution is -0.143. The summed E-state index contributed by atoms with van der Waals surface area (Å²) in [6.07, 6.45) is 11.1. The number of hydrogen-bond donors (Lipinski definition) is 5. The maximum atomic E-state index is 13.7. The highest BCUT2D eigenvalue weighted by molar-refractivity contribution is 5.93. The van der Waals surface area contributed by atoms with Crippen LogP contribution in [0.15, 0.2) is 107 Å². The average Bonchev–Trinajstić information content (AvgIpc) is 3.20. The molecule has 0 heterocycles. The summed E-state index contributed by atoms with van der Waals surface area (Å²) in [6, 6.07) is -0.262. The number of amidine groups is 2. The minimum absolute atomic E-state index is 0.00735. The van der Waals surface area contributed by atoms with Crippen molar-refractivity contribution in [3.05, 3.63) is 97.5 Å². The third-order valence-electron chi connectivity index (χ3n) is 9.81. The highest BCUT2D eigenvalue weighted by Gasteiger charge is 2.38. The van der Waals surface area contributed by atoms with Gasteiger partial charge in [0, 0.05) is 68.3 Å². The van der Waals surface area contributed by atoms with Crippen LogP contribution < -0.4 is 21.5 Å². The summed E-state index contributed by atoms with van der Waals surface area (Å²) in [6.45, 7) is 36.5. The Kier molecular flexibility index (Phi) is 24.6. The van der Waals surface area contributed by atoms with Crippen molar-refractivity contribution in [2.24, 2.45) is 33.7 Å². The monoisotopic (exact) mass is 807 g/mol. The molecule has 1 saturated carbocycles. The molecule has 3 amide bonds. The van der Waals surface area contributed by atoms with Gasteiger partial charge in [0.1, 0.15) is 11.7 Å². The molecule has 5 N–H and O–H groups in total. The number of aliphatic imine (C=N–C) groups is 2. The first-order valence-electron chi connectivity index (χ1n) is 19.6. The Labute approximate surface area is 347 Å². The number of amides is 3. The van der Waals surface area contributed by atoms with Gasteiger partial charge in [-0.1, -0.05) is 90.5 Å². The molecule has 1 aliphatic carbocycles. The van der Waals surface area contributed by atoms with E-state index in [0.29, 0.717) is 64.6 Å². The Balaban J connectivity index is 0.0000105. The second-order valence-electron chi connectivity index (χ2n) is 14.3. The molecule has 322 valence electrons. The van der Waals surface area contributed by atoms with Crippen LogP contribution >= 0.6 is 0 Å².